The monoisotopic (exact) mass is 306 g/mol. The van der Waals surface area contributed by atoms with Gasteiger partial charge in [-0.15, -0.1) is 0 Å². The maximum absolute atomic E-state index is 2.23. The molecule has 0 bridgehead atoms. The third-order valence-electron chi connectivity index (χ3n) is 2.92. The van der Waals surface area contributed by atoms with E-state index >= 15 is 0 Å². The van der Waals surface area contributed by atoms with Crippen molar-refractivity contribution in [2.24, 2.45) is 0 Å². The minimum atomic E-state index is 0. The highest BCUT2D eigenvalue weighted by molar-refractivity contribution is 4.48. The topological polar surface area (TPSA) is 44.5 Å². The van der Waals surface area contributed by atoms with Crippen molar-refractivity contribution in [2.75, 3.05) is 82.6 Å². The molecule has 0 aromatic rings. The summed E-state index contributed by atoms with van der Waals surface area (Å²) in [6, 6.07) is 0. The van der Waals surface area contributed by atoms with Crippen LogP contribution >= 0.6 is 0 Å². The normalized spacial score (nSPS) is 10.9. The molecular weight excluding hydrogens is 264 g/mol. The maximum Gasteiger partial charge on any atom is -0.00244 e. The Morgan fingerprint density at radius 2 is 0.524 bits per heavy atom. The van der Waals surface area contributed by atoms with Gasteiger partial charge in [0.25, 0.3) is 0 Å². The summed E-state index contributed by atoms with van der Waals surface area (Å²) in [7, 11) is 17.0. The van der Waals surface area contributed by atoms with Gasteiger partial charge in [0.2, 0.25) is 0 Å². The summed E-state index contributed by atoms with van der Waals surface area (Å²) in [5.41, 5.74) is 0. The van der Waals surface area contributed by atoms with Gasteiger partial charge in [-0.2, -0.15) is 0 Å². The summed E-state index contributed by atoms with van der Waals surface area (Å²) in [4.78, 5) is 8.93. The molecule has 5 heteroatoms. The lowest BCUT2D eigenvalue weighted by Crippen LogP contribution is -2.17. The standard InChI is InChI=1S/2C8H20N2.H2O/c2*1-9(2)7-5-6-8-10(3)4;/h2*5-8H2,1-4H3;1H2. The van der Waals surface area contributed by atoms with E-state index in [9.17, 15) is 0 Å². The molecule has 0 saturated heterocycles. The van der Waals surface area contributed by atoms with Crippen LogP contribution in [0.4, 0.5) is 0 Å². The molecule has 0 aliphatic heterocycles. The first kappa shape index (κ1) is 25.7. The van der Waals surface area contributed by atoms with Crippen LogP contribution in [-0.4, -0.2) is 108 Å². The average Bonchev–Trinajstić information content (AvgIpc) is 2.30. The molecule has 132 valence electrons. The molecular formula is C16H42N4O. The Bertz CT molecular complexity index is 145. The van der Waals surface area contributed by atoms with Crippen LogP contribution in [0.5, 0.6) is 0 Å². The van der Waals surface area contributed by atoms with E-state index in [0.29, 0.717) is 0 Å². The summed E-state index contributed by atoms with van der Waals surface area (Å²) in [5.74, 6) is 0. The first-order valence-electron chi connectivity index (χ1n) is 7.84. The van der Waals surface area contributed by atoms with Crippen LogP contribution in [0.3, 0.4) is 0 Å². The van der Waals surface area contributed by atoms with Gasteiger partial charge < -0.3 is 25.1 Å². The number of nitrogens with zero attached hydrogens (tertiary/aromatic N) is 4. The van der Waals surface area contributed by atoms with Crippen molar-refractivity contribution in [1.82, 2.24) is 19.6 Å². The van der Waals surface area contributed by atoms with Crippen molar-refractivity contribution in [2.45, 2.75) is 25.7 Å². The lowest BCUT2D eigenvalue weighted by atomic mass is 10.3. The van der Waals surface area contributed by atoms with Gasteiger partial charge in [-0.3, -0.25) is 0 Å². The lowest BCUT2D eigenvalue weighted by Gasteiger charge is -2.11. The fourth-order valence-electron chi connectivity index (χ4n) is 1.71. The van der Waals surface area contributed by atoms with Crippen molar-refractivity contribution in [1.29, 1.82) is 0 Å². The highest BCUT2D eigenvalue weighted by atomic mass is 16.0. The van der Waals surface area contributed by atoms with Crippen LogP contribution in [0.25, 0.3) is 0 Å². The third kappa shape index (κ3) is 32.9. The fraction of sp³-hybridized carbons (Fsp3) is 1.00. The number of rotatable bonds is 10. The second-order valence-corrected chi connectivity index (χ2v) is 6.63. The third-order valence-corrected chi connectivity index (χ3v) is 2.92. The van der Waals surface area contributed by atoms with Crippen LogP contribution in [0.1, 0.15) is 25.7 Å². The van der Waals surface area contributed by atoms with Gasteiger partial charge in [-0.25, -0.2) is 0 Å². The SMILES string of the molecule is CN(C)CCCCN(C)C.CN(C)CCCCN(C)C.O. The molecule has 0 unspecified atom stereocenters. The van der Waals surface area contributed by atoms with Gasteiger partial charge in [0, 0.05) is 0 Å². The molecule has 0 aliphatic rings. The predicted octanol–water partition coefficient (Wildman–Crippen LogP) is 0.955. The summed E-state index contributed by atoms with van der Waals surface area (Å²) in [6.45, 7) is 4.86. The summed E-state index contributed by atoms with van der Waals surface area (Å²) in [5, 5.41) is 0. The summed E-state index contributed by atoms with van der Waals surface area (Å²) >= 11 is 0. The first-order valence-corrected chi connectivity index (χ1v) is 7.84. The van der Waals surface area contributed by atoms with Gasteiger partial charge in [0.05, 0.1) is 0 Å². The molecule has 0 fully saturated rings. The van der Waals surface area contributed by atoms with Gasteiger partial charge in [0.1, 0.15) is 0 Å². The van der Waals surface area contributed by atoms with Crippen LogP contribution in [0.15, 0.2) is 0 Å². The minimum absolute atomic E-state index is 0. The Labute approximate surface area is 134 Å². The zero-order chi connectivity index (χ0) is 16.0. The number of hydrogen-bond acceptors (Lipinski definition) is 4. The Morgan fingerprint density at radius 1 is 0.381 bits per heavy atom. The molecule has 2 N–H and O–H groups in total. The van der Waals surface area contributed by atoms with Crippen molar-refractivity contribution in [3.05, 3.63) is 0 Å². The smallest absolute Gasteiger partial charge is 0.00244 e. The molecule has 0 atom stereocenters. The molecule has 0 aromatic heterocycles. The molecule has 0 aromatic carbocycles. The summed E-state index contributed by atoms with van der Waals surface area (Å²) in [6.07, 6.45) is 5.24. The highest BCUT2D eigenvalue weighted by Gasteiger charge is 1.92. The van der Waals surface area contributed by atoms with E-state index in [1.54, 1.807) is 0 Å². The second-order valence-electron chi connectivity index (χ2n) is 6.63. The van der Waals surface area contributed by atoms with Crippen molar-refractivity contribution < 1.29 is 5.48 Å². The molecule has 21 heavy (non-hydrogen) atoms. The van der Waals surface area contributed by atoms with Gasteiger partial charge in [-0.1, -0.05) is 0 Å². The molecule has 0 radical (unpaired) electrons. The van der Waals surface area contributed by atoms with E-state index in [1.165, 1.54) is 51.9 Å². The number of unbranched alkanes of at least 4 members (excludes halogenated alkanes) is 2. The van der Waals surface area contributed by atoms with Crippen LogP contribution in [0, 0.1) is 0 Å². The molecule has 0 amide bonds. The maximum atomic E-state index is 2.23. The van der Waals surface area contributed by atoms with E-state index in [-0.39, 0.29) is 5.48 Å². The molecule has 0 spiro atoms. The lowest BCUT2D eigenvalue weighted by molar-refractivity contribution is 0.354. The van der Waals surface area contributed by atoms with Gasteiger partial charge in [0.15, 0.2) is 0 Å². The van der Waals surface area contributed by atoms with E-state index in [0.717, 1.165) is 0 Å². The van der Waals surface area contributed by atoms with Crippen molar-refractivity contribution in [3.8, 4) is 0 Å². The van der Waals surface area contributed by atoms with E-state index in [4.69, 9.17) is 0 Å². The zero-order valence-electron chi connectivity index (χ0n) is 15.9. The Morgan fingerprint density at radius 3 is 0.619 bits per heavy atom. The predicted molar refractivity (Wildman–Crippen MR) is 96.3 cm³/mol. The van der Waals surface area contributed by atoms with E-state index in [1.807, 2.05) is 0 Å². The largest absolute Gasteiger partial charge is 0.412 e. The molecule has 0 heterocycles. The van der Waals surface area contributed by atoms with Crippen molar-refractivity contribution in [3.63, 3.8) is 0 Å². The Hall–Kier alpha value is -0.200. The highest BCUT2D eigenvalue weighted by Crippen LogP contribution is 1.92. The zero-order valence-corrected chi connectivity index (χ0v) is 15.9. The molecule has 0 saturated carbocycles. The van der Waals surface area contributed by atoms with Crippen LogP contribution < -0.4 is 0 Å². The van der Waals surface area contributed by atoms with Crippen LogP contribution in [0.2, 0.25) is 0 Å². The molecule has 0 rings (SSSR count). The van der Waals surface area contributed by atoms with Gasteiger partial charge >= 0.3 is 0 Å². The Balaban J connectivity index is -0.000000295. The molecule has 0 aliphatic carbocycles. The van der Waals surface area contributed by atoms with Gasteiger partial charge in [-0.05, 0) is 108 Å². The minimum Gasteiger partial charge on any atom is -0.412 e. The number of hydrogen-bond donors (Lipinski definition) is 0. The summed E-state index contributed by atoms with van der Waals surface area (Å²) < 4.78 is 0. The Kier molecular flexibility index (Phi) is 21.9. The van der Waals surface area contributed by atoms with Crippen molar-refractivity contribution >= 4 is 0 Å². The van der Waals surface area contributed by atoms with E-state index in [2.05, 4.69) is 76.0 Å². The molecule has 5 nitrogen and oxygen atoms in total. The van der Waals surface area contributed by atoms with Crippen LogP contribution in [-0.2, 0) is 0 Å². The second kappa shape index (κ2) is 17.9. The average molecular weight is 307 g/mol. The van der Waals surface area contributed by atoms with E-state index < -0.39 is 0 Å². The quantitative estimate of drug-likeness (QED) is 0.564. The fourth-order valence-corrected chi connectivity index (χ4v) is 1.71. The first-order chi connectivity index (χ1) is 9.25.